The van der Waals surface area contributed by atoms with E-state index < -0.39 is 11.4 Å². The predicted molar refractivity (Wildman–Crippen MR) is 77.3 cm³/mol. The van der Waals surface area contributed by atoms with Crippen molar-refractivity contribution in [2.45, 2.75) is 71.3 Å². The van der Waals surface area contributed by atoms with Gasteiger partial charge in [-0.1, -0.05) is 20.3 Å². The molecule has 1 heterocycles. The van der Waals surface area contributed by atoms with Gasteiger partial charge in [0.1, 0.15) is 0 Å². The van der Waals surface area contributed by atoms with E-state index in [9.17, 15) is 14.7 Å². The molecule has 0 spiro atoms. The van der Waals surface area contributed by atoms with Gasteiger partial charge in [-0.25, -0.2) is 0 Å². The molecule has 2 aliphatic rings. The number of nitrogens with zero attached hydrogens (tertiary/aromatic N) is 1. The van der Waals surface area contributed by atoms with Gasteiger partial charge >= 0.3 is 5.97 Å². The van der Waals surface area contributed by atoms with Crippen molar-refractivity contribution in [3.63, 3.8) is 0 Å². The minimum atomic E-state index is -0.783. The van der Waals surface area contributed by atoms with Crippen LogP contribution in [0.2, 0.25) is 0 Å². The van der Waals surface area contributed by atoms with Gasteiger partial charge in [0.2, 0.25) is 5.91 Å². The molecular weight excluding hydrogens is 254 g/mol. The summed E-state index contributed by atoms with van der Waals surface area (Å²) in [5, 5.41) is 9.37. The lowest BCUT2D eigenvalue weighted by Gasteiger charge is -2.42. The van der Waals surface area contributed by atoms with Gasteiger partial charge in [0.15, 0.2) is 0 Å². The van der Waals surface area contributed by atoms with Crippen LogP contribution in [-0.2, 0) is 9.59 Å². The van der Waals surface area contributed by atoms with Gasteiger partial charge in [-0.3, -0.25) is 9.59 Å². The Kier molecular flexibility index (Phi) is 4.71. The number of rotatable bonds is 5. The van der Waals surface area contributed by atoms with Crippen LogP contribution in [0, 0.1) is 11.3 Å². The molecule has 1 aliphatic carbocycles. The van der Waals surface area contributed by atoms with Gasteiger partial charge < -0.3 is 10.0 Å². The Hall–Kier alpha value is -1.06. The molecule has 1 amide bonds. The first-order valence-corrected chi connectivity index (χ1v) is 7.97. The molecule has 4 nitrogen and oxygen atoms in total. The van der Waals surface area contributed by atoms with Crippen LogP contribution in [0.15, 0.2) is 0 Å². The van der Waals surface area contributed by atoms with Gasteiger partial charge in [0, 0.05) is 19.0 Å². The Labute approximate surface area is 121 Å². The van der Waals surface area contributed by atoms with Crippen molar-refractivity contribution < 1.29 is 14.7 Å². The molecule has 1 atom stereocenters. The molecule has 1 saturated carbocycles. The summed E-state index contributed by atoms with van der Waals surface area (Å²) in [4.78, 5) is 26.0. The lowest BCUT2D eigenvalue weighted by Crippen LogP contribution is -2.49. The smallest absolute Gasteiger partial charge is 0.310 e. The van der Waals surface area contributed by atoms with Crippen LogP contribution in [-0.4, -0.2) is 34.5 Å². The van der Waals surface area contributed by atoms with Crippen LogP contribution >= 0.6 is 0 Å². The summed E-state index contributed by atoms with van der Waals surface area (Å²) in [6.07, 6.45) is 6.82. The maximum absolute atomic E-state index is 12.6. The zero-order chi connectivity index (χ0) is 14.8. The maximum Gasteiger partial charge on any atom is 0.310 e. The molecule has 1 aliphatic heterocycles. The van der Waals surface area contributed by atoms with Gasteiger partial charge in [-0.05, 0) is 44.4 Å². The fraction of sp³-hybridized carbons (Fsp3) is 0.875. The van der Waals surface area contributed by atoms with Crippen LogP contribution in [0.1, 0.15) is 65.2 Å². The lowest BCUT2D eigenvalue weighted by molar-refractivity contribution is -0.160. The van der Waals surface area contributed by atoms with E-state index in [1.807, 2.05) is 4.90 Å². The molecule has 0 aromatic heterocycles. The molecule has 0 radical (unpaired) electrons. The maximum atomic E-state index is 12.6. The number of piperidine rings is 1. The van der Waals surface area contributed by atoms with E-state index in [4.69, 9.17) is 0 Å². The molecule has 2 fully saturated rings. The third kappa shape index (κ3) is 3.15. The van der Waals surface area contributed by atoms with Crippen LogP contribution < -0.4 is 0 Å². The molecule has 2 rings (SSSR count). The van der Waals surface area contributed by atoms with Gasteiger partial charge in [-0.15, -0.1) is 0 Å². The standard InChI is InChI=1S/C16H27NO3/c1-12(2)10-13-6-3-4-9-17(13)14(18)11-16(15(19)20)7-5-8-16/h12-13H,3-11H2,1-2H3,(H,19,20). The van der Waals surface area contributed by atoms with Gasteiger partial charge in [-0.2, -0.15) is 0 Å². The number of amides is 1. The average molecular weight is 281 g/mol. The number of carboxylic acid groups (broad SMARTS) is 1. The first kappa shape index (κ1) is 15.3. The Balaban J connectivity index is 2.00. The molecule has 114 valence electrons. The lowest BCUT2D eigenvalue weighted by atomic mass is 9.66. The average Bonchev–Trinajstić information content (AvgIpc) is 2.33. The van der Waals surface area contributed by atoms with Gasteiger partial charge in [0.05, 0.1) is 5.41 Å². The second-order valence-corrected chi connectivity index (χ2v) is 6.98. The van der Waals surface area contributed by atoms with E-state index in [2.05, 4.69) is 13.8 Å². The van der Waals surface area contributed by atoms with Crippen molar-refractivity contribution >= 4 is 11.9 Å². The molecule has 20 heavy (non-hydrogen) atoms. The summed E-state index contributed by atoms with van der Waals surface area (Å²) in [5.74, 6) is -0.141. The predicted octanol–water partition coefficient (Wildman–Crippen LogP) is 3.06. The minimum absolute atomic E-state index is 0.0671. The van der Waals surface area contributed by atoms with E-state index in [0.717, 1.165) is 32.2 Å². The normalized spacial score (nSPS) is 25.4. The molecule has 1 N–H and O–H groups in total. The number of hydrogen-bond donors (Lipinski definition) is 1. The van der Waals surface area contributed by atoms with Crippen LogP contribution in [0.5, 0.6) is 0 Å². The SMILES string of the molecule is CC(C)CC1CCCCN1C(=O)CC1(C(=O)O)CCC1. The first-order chi connectivity index (χ1) is 9.44. The Morgan fingerprint density at radius 1 is 1.25 bits per heavy atom. The largest absolute Gasteiger partial charge is 0.481 e. The van der Waals surface area contributed by atoms with E-state index in [0.29, 0.717) is 24.8 Å². The minimum Gasteiger partial charge on any atom is -0.481 e. The third-order valence-corrected chi connectivity index (χ3v) is 4.94. The van der Waals surface area contributed by atoms with Crippen LogP contribution in [0.4, 0.5) is 0 Å². The monoisotopic (exact) mass is 281 g/mol. The molecular formula is C16H27NO3. The fourth-order valence-corrected chi connectivity index (χ4v) is 3.58. The molecule has 0 bridgehead atoms. The summed E-state index contributed by atoms with van der Waals surface area (Å²) < 4.78 is 0. The molecule has 0 aromatic rings. The molecule has 0 aromatic carbocycles. The summed E-state index contributed by atoms with van der Waals surface area (Å²) in [5.41, 5.74) is -0.753. The highest BCUT2D eigenvalue weighted by atomic mass is 16.4. The van der Waals surface area contributed by atoms with Crippen molar-refractivity contribution in [1.29, 1.82) is 0 Å². The highest BCUT2D eigenvalue weighted by Gasteiger charge is 2.47. The topological polar surface area (TPSA) is 57.6 Å². The second-order valence-electron chi connectivity index (χ2n) is 6.98. The van der Waals surface area contributed by atoms with Crippen LogP contribution in [0.3, 0.4) is 0 Å². The molecule has 1 unspecified atom stereocenters. The Bertz CT molecular complexity index is 374. The number of carboxylic acids is 1. The van der Waals surface area contributed by atoms with Gasteiger partial charge in [0.25, 0.3) is 0 Å². The van der Waals surface area contributed by atoms with Crippen molar-refractivity contribution in [3.05, 3.63) is 0 Å². The zero-order valence-corrected chi connectivity index (χ0v) is 12.7. The highest BCUT2D eigenvalue weighted by Crippen LogP contribution is 2.45. The van der Waals surface area contributed by atoms with Crippen molar-refractivity contribution in [1.82, 2.24) is 4.90 Å². The Morgan fingerprint density at radius 3 is 2.45 bits per heavy atom. The second kappa shape index (κ2) is 6.15. The Morgan fingerprint density at radius 2 is 1.95 bits per heavy atom. The fourth-order valence-electron chi connectivity index (χ4n) is 3.58. The van der Waals surface area contributed by atoms with E-state index in [-0.39, 0.29) is 12.3 Å². The number of likely N-dealkylation sites (tertiary alicyclic amines) is 1. The number of aliphatic carboxylic acids is 1. The number of carbonyl (C=O) groups excluding carboxylic acids is 1. The van der Waals surface area contributed by atoms with E-state index in [1.54, 1.807) is 0 Å². The van der Waals surface area contributed by atoms with Crippen molar-refractivity contribution in [2.75, 3.05) is 6.54 Å². The summed E-state index contributed by atoms with van der Waals surface area (Å²) >= 11 is 0. The van der Waals surface area contributed by atoms with Crippen molar-refractivity contribution in [2.24, 2.45) is 11.3 Å². The van der Waals surface area contributed by atoms with Crippen molar-refractivity contribution in [3.8, 4) is 0 Å². The summed E-state index contributed by atoms with van der Waals surface area (Å²) in [6, 6.07) is 0.321. The summed E-state index contributed by atoms with van der Waals surface area (Å²) in [6.45, 7) is 5.18. The number of carbonyl (C=O) groups is 2. The quantitative estimate of drug-likeness (QED) is 0.842. The molecule has 4 heteroatoms. The highest BCUT2D eigenvalue weighted by molar-refractivity contribution is 5.85. The first-order valence-electron chi connectivity index (χ1n) is 7.97. The third-order valence-electron chi connectivity index (χ3n) is 4.94. The summed E-state index contributed by atoms with van der Waals surface area (Å²) in [7, 11) is 0. The molecule has 1 saturated heterocycles. The van der Waals surface area contributed by atoms with E-state index in [1.165, 1.54) is 6.42 Å². The number of hydrogen-bond acceptors (Lipinski definition) is 2. The zero-order valence-electron chi connectivity index (χ0n) is 12.7. The van der Waals surface area contributed by atoms with Crippen LogP contribution in [0.25, 0.3) is 0 Å². The van der Waals surface area contributed by atoms with E-state index >= 15 is 0 Å².